The molecule has 3 N–H and O–H groups in total. The molecule has 27 heavy (non-hydrogen) atoms. The fourth-order valence-corrected chi connectivity index (χ4v) is 2.56. The molecule has 0 bridgehead atoms. The summed E-state index contributed by atoms with van der Waals surface area (Å²) in [4.78, 5) is 23.9. The number of carbonyl (C=O) groups is 2. The maximum atomic E-state index is 13.5. The van der Waals surface area contributed by atoms with Crippen LogP contribution >= 0.6 is 0 Å². The minimum Gasteiger partial charge on any atom is -0.382 e. The number of benzene rings is 2. The highest BCUT2D eigenvalue weighted by Gasteiger charge is 2.29. The maximum Gasteiger partial charge on any atom is 0.251 e. The van der Waals surface area contributed by atoms with Gasteiger partial charge < -0.3 is 16.0 Å². The van der Waals surface area contributed by atoms with E-state index in [1.165, 1.54) is 12.1 Å². The number of anilines is 2. The molecule has 0 atom stereocenters. The first-order valence-corrected chi connectivity index (χ1v) is 8.70. The third-order valence-electron chi connectivity index (χ3n) is 4.21. The van der Waals surface area contributed by atoms with Crippen molar-refractivity contribution < 1.29 is 14.0 Å². The van der Waals surface area contributed by atoms with Gasteiger partial charge >= 0.3 is 0 Å². The number of hydrogen-bond acceptors (Lipinski definition) is 4. The van der Waals surface area contributed by atoms with Gasteiger partial charge in [-0.15, -0.1) is 0 Å². The lowest BCUT2D eigenvalue weighted by atomic mass is 10.2. The Kier molecular flexibility index (Phi) is 5.67. The number of hydrogen-bond donors (Lipinski definition) is 3. The molecule has 6 nitrogen and oxygen atoms in total. The Hall–Kier alpha value is -3.40. The second kappa shape index (κ2) is 8.32. The second-order valence-corrected chi connectivity index (χ2v) is 6.30. The van der Waals surface area contributed by atoms with E-state index in [1.54, 1.807) is 30.3 Å². The van der Waals surface area contributed by atoms with Gasteiger partial charge in [0.1, 0.15) is 17.4 Å². The van der Waals surface area contributed by atoms with Gasteiger partial charge in [0.05, 0.1) is 5.69 Å². The fraction of sp³-hybridized carbons (Fsp3) is 0.250. The smallest absolute Gasteiger partial charge is 0.251 e. The van der Waals surface area contributed by atoms with E-state index >= 15 is 0 Å². The predicted molar refractivity (Wildman–Crippen MR) is 99.7 cm³/mol. The quantitative estimate of drug-likeness (QED) is 0.657. The molecule has 0 aromatic heterocycles. The number of nitrogens with one attached hydrogen (secondary N) is 3. The summed E-state index contributed by atoms with van der Waals surface area (Å²) in [6, 6.07) is 12.8. The van der Waals surface area contributed by atoms with Crippen LogP contribution in [0.1, 0.15) is 28.8 Å². The predicted octanol–water partition coefficient (Wildman–Crippen LogP) is 2.89. The van der Waals surface area contributed by atoms with Crippen LogP contribution in [0.2, 0.25) is 0 Å². The van der Waals surface area contributed by atoms with Crippen molar-refractivity contribution in [3.05, 3.63) is 59.4 Å². The Labute approximate surface area is 156 Å². The van der Waals surface area contributed by atoms with Gasteiger partial charge in [-0.3, -0.25) is 9.59 Å². The van der Waals surface area contributed by atoms with Gasteiger partial charge in [-0.1, -0.05) is 6.07 Å². The lowest BCUT2D eigenvalue weighted by molar-refractivity contribution is -0.117. The van der Waals surface area contributed by atoms with Crippen molar-refractivity contribution in [3.8, 4) is 6.07 Å². The SMILES string of the molecule is N#Cc1c(F)cccc1NCCNC(=O)c1ccc(NC(=O)C2CC2)cc1. The molecule has 0 heterocycles. The van der Waals surface area contributed by atoms with E-state index in [9.17, 15) is 14.0 Å². The number of rotatable bonds is 7. The molecule has 1 fully saturated rings. The number of amides is 2. The third-order valence-corrected chi connectivity index (χ3v) is 4.21. The molecule has 0 spiro atoms. The molecule has 0 unspecified atom stereocenters. The van der Waals surface area contributed by atoms with Crippen LogP contribution in [-0.4, -0.2) is 24.9 Å². The van der Waals surface area contributed by atoms with Gasteiger partial charge in [-0.25, -0.2) is 4.39 Å². The van der Waals surface area contributed by atoms with Crippen molar-refractivity contribution in [2.75, 3.05) is 23.7 Å². The highest BCUT2D eigenvalue weighted by molar-refractivity contribution is 5.96. The van der Waals surface area contributed by atoms with Gasteiger partial charge in [0.25, 0.3) is 5.91 Å². The molecular formula is C20H19FN4O2. The molecule has 0 radical (unpaired) electrons. The van der Waals surface area contributed by atoms with Crippen molar-refractivity contribution in [3.63, 3.8) is 0 Å². The van der Waals surface area contributed by atoms with E-state index in [0.717, 1.165) is 12.8 Å². The molecule has 1 aliphatic carbocycles. The minimum absolute atomic E-state index is 0.0207. The molecule has 7 heteroatoms. The largest absolute Gasteiger partial charge is 0.382 e. The molecule has 0 aliphatic heterocycles. The molecule has 2 aromatic rings. The van der Waals surface area contributed by atoms with Gasteiger partial charge in [-0.2, -0.15) is 5.26 Å². The summed E-state index contributed by atoms with van der Waals surface area (Å²) in [5.41, 5.74) is 1.48. The van der Waals surface area contributed by atoms with Crippen LogP contribution in [0, 0.1) is 23.1 Å². The van der Waals surface area contributed by atoms with Crippen LogP contribution in [0.15, 0.2) is 42.5 Å². The van der Waals surface area contributed by atoms with Crippen LogP contribution in [0.4, 0.5) is 15.8 Å². The Morgan fingerprint density at radius 3 is 2.52 bits per heavy atom. The molecule has 2 aromatic carbocycles. The third kappa shape index (κ3) is 4.82. The van der Waals surface area contributed by atoms with Gasteiger partial charge in [0, 0.05) is 30.3 Å². The lowest BCUT2D eigenvalue weighted by Crippen LogP contribution is -2.28. The van der Waals surface area contributed by atoms with Crippen LogP contribution in [0.3, 0.4) is 0 Å². The summed E-state index contributed by atoms with van der Waals surface area (Å²) >= 11 is 0. The first-order valence-electron chi connectivity index (χ1n) is 8.70. The monoisotopic (exact) mass is 366 g/mol. The minimum atomic E-state index is -0.583. The van der Waals surface area contributed by atoms with Crippen molar-refractivity contribution in [2.24, 2.45) is 5.92 Å². The van der Waals surface area contributed by atoms with E-state index in [-0.39, 0.29) is 23.3 Å². The second-order valence-electron chi connectivity index (χ2n) is 6.30. The Bertz CT molecular complexity index is 886. The van der Waals surface area contributed by atoms with Crippen molar-refractivity contribution in [1.29, 1.82) is 5.26 Å². The summed E-state index contributed by atoms with van der Waals surface area (Å²) in [5, 5.41) is 17.5. The van der Waals surface area contributed by atoms with Gasteiger partial charge in [0.2, 0.25) is 5.91 Å². The van der Waals surface area contributed by atoms with Crippen molar-refractivity contribution in [2.45, 2.75) is 12.8 Å². The van der Waals surface area contributed by atoms with Crippen LogP contribution in [0.5, 0.6) is 0 Å². The average molecular weight is 366 g/mol. The number of carbonyl (C=O) groups excluding carboxylic acids is 2. The normalized spacial score (nSPS) is 12.7. The lowest BCUT2D eigenvalue weighted by Gasteiger charge is -2.10. The van der Waals surface area contributed by atoms with E-state index < -0.39 is 5.82 Å². The molecular weight excluding hydrogens is 347 g/mol. The summed E-state index contributed by atoms with van der Waals surface area (Å²) in [5.74, 6) is -0.690. The van der Waals surface area contributed by atoms with E-state index in [1.807, 2.05) is 6.07 Å². The number of nitrogens with zero attached hydrogens (tertiary/aromatic N) is 1. The molecule has 3 rings (SSSR count). The first kappa shape index (κ1) is 18.4. The zero-order chi connectivity index (χ0) is 19.2. The van der Waals surface area contributed by atoms with E-state index in [2.05, 4.69) is 16.0 Å². The molecule has 0 saturated heterocycles. The molecule has 1 saturated carbocycles. The van der Waals surface area contributed by atoms with Crippen LogP contribution in [0.25, 0.3) is 0 Å². The standard InChI is InChI=1S/C20H19FN4O2/c21-17-2-1-3-18(16(17)12-22)23-10-11-24-19(26)13-6-8-15(9-7-13)25-20(27)14-4-5-14/h1-3,6-9,14,23H,4-5,10-11H2,(H,24,26)(H,25,27). The Morgan fingerprint density at radius 1 is 1.11 bits per heavy atom. The van der Waals surface area contributed by atoms with E-state index in [4.69, 9.17) is 5.26 Å². The van der Waals surface area contributed by atoms with Gasteiger partial charge in [-0.05, 0) is 49.2 Å². The Balaban J connectivity index is 1.46. The van der Waals surface area contributed by atoms with Crippen molar-refractivity contribution >= 4 is 23.2 Å². The van der Waals surface area contributed by atoms with Gasteiger partial charge in [0.15, 0.2) is 0 Å². The summed E-state index contributed by atoms with van der Waals surface area (Å²) in [7, 11) is 0. The number of nitriles is 1. The summed E-state index contributed by atoms with van der Waals surface area (Å²) < 4.78 is 13.5. The zero-order valence-corrected chi connectivity index (χ0v) is 14.6. The fourth-order valence-electron chi connectivity index (χ4n) is 2.56. The summed E-state index contributed by atoms with van der Waals surface area (Å²) in [6.07, 6.45) is 1.87. The Morgan fingerprint density at radius 2 is 1.85 bits per heavy atom. The molecule has 138 valence electrons. The van der Waals surface area contributed by atoms with Crippen LogP contribution < -0.4 is 16.0 Å². The van der Waals surface area contributed by atoms with Crippen molar-refractivity contribution in [1.82, 2.24) is 5.32 Å². The van der Waals surface area contributed by atoms with E-state index in [0.29, 0.717) is 30.0 Å². The highest BCUT2D eigenvalue weighted by atomic mass is 19.1. The van der Waals surface area contributed by atoms with Crippen LogP contribution in [-0.2, 0) is 4.79 Å². The molecule has 2 amide bonds. The molecule has 1 aliphatic rings. The topological polar surface area (TPSA) is 94.0 Å². The maximum absolute atomic E-state index is 13.5. The number of halogens is 1. The average Bonchev–Trinajstić information content (AvgIpc) is 3.51. The highest BCUT2D eigenvalue weighted by Crippen LogP contribution is 2.30. The summed E-state index contributed by atoms with van der Waals surface area (Å²) in [6.45, 7) is 0.653. The zero-order valence-electron chi connectivity index (χ0n) is 14.6. The first-order chi connectivity index (χ1) is 13.1.